The molecule has 2 aromatic rings. The van der Waals surface area contributed by atoms with Crippen molar-refractivity contribution in [3.8, 4) is 5.75 Å². The Hall–Kier alpha value is -3.39. The lowest BCUT2D eigenvalue weighted by molar-refractivity contribution is 0.00978. The summed E-state index contributed by atoms with van der Waals surface area (Å²) in [6.07, 6.45) is -0.850. The third-order valence-corrected chi connectivity index (χ3v) is 5.42. The molecule has 176 valence electrons. The molecule has 33 heavy (non-hydrogen) atoms. The Morgan fingerprint density at radius 1 is 0.939 bits per heavy atom. The van der Waals surface area contributed by atoms with Crippen molar-refractivity contribution in [3.63, 3.8) is 0 Å². The van der Waals surface area contributed by atoms with Gasteiger partial charge in [-0.2, -0.15) is 0 Å². The molecule has 0 radical (unpaired) electrons. The summed E-state index contributed by atoms with van der Waals surface area (Å²) in [6.45, 7) is 3.91. The Balaban J connectivity index is 0.000000569. The lowest BCUT2D eigenvalue weighted by atomic mass is 9.86. The molecule has 1 aliphatic carbocycles. The number of amides is 2. The molecule has 0 fully saturated rings. The smallest absolute Gasteiger partial charge is 0.411 e. The Morgan fingerprint density at radius 3 is 1.79 bits per heavy atom. The number of fused-ring (bicyclic) bond motifs is 1. The largest absolute Gasteiger partial charge is 0.507 e. The predicted octanol–water partition coefficient (Wildman–Crippen LogP) is 4.40. The fourth-order valence-corrected chi connectivity index (χ4v) is 3.18. The number of hydrogen-bond acceptors (Lipinski definition) is 6. The lowest BCUT2D eigenvalue weighted by Gasteiger charge is -2.28. The van der Waals surface area contributed by atoms with E-state index in [2.05, 4.69) is 0 Å². The number of aromatic hydroxyl groups is 1. The maximum atomic E-state index is 13.2. The first-order valence-electron chi connectivity index (χ1n) is 10.1. The molecule has 0 saturated carbocycles. The highest BCUT2D eigenvalue weighted by atomic mass is 35.5. The van der Waals surface area contributed by atoms with Gasteiger partial charge < -0.3 is 19.6 Å². The Kier molecular flexibility index (Phi) is 7.87. The van der Waals surface area contributed by atoms with E-state index < -0.39 is 28.6 Å². The van der Waals surface area contributed by atoms with Gasteiger partial charge in [0.15, 0.2) is 0 Å². The van der Waals surface area contributed by atoms with Crippen LogP contribution in [0.15, 0.2) is 42.5 Å². The van der Waals surface area contributed by atoms with Crippen LogP contribution in [-0.4, -0.2) is 66.1 Å². The number of phenolic OH excluding ortho intramolecular Hbond substituents is 1. The van der Waals surface area contributed by atoms with Crippen LogP contribution in [0.25, 0.3) is 0 Å². The Bertz CT molecular complexity index is 1060. The molecule has 0 aliphatic heterocycles. The molecular formula is C24H27ClN2O6. The predicted molar refractivity (Wildman–Crippen MR) is 124 cm³/mol. The molecule has 0 heterocycles. The van der Waals surface area contributed by atoms with E-state index in [0.29, 0.717) is 0 Å². The standard InChI is InChI=1S/C21H21NO5.C3H6ClNO/c1-12(2)13-9-10-16(17(23)11-13)21(27-20(26)22(3)4)18(24)14-7-5-6-8-15(14)19(21)25;1-5(2)3(4)6/h5-12,23H,1-4H3;1-2H3. The molecular weight excluding hydrogens is 448 g/mol. The van der Waals surface area contributed by atoms with Gasteiger partial charge in [0.05, 0.1) is 5.56 Å². The van der Waals surface area contributed by atoms with Gasteiger partial charge in [0.1, 0.15) is 5.75 Å². The van der Waals surface area contributed by atoms with E-state index in [9.17, 15) is 24.3 Å². The van der Waals surface area contributed by atoms with Gasteiger partial charge >= 0.3 is 11.5 Å². The van der Waals surface area contributed by atoms with Crippen LogP contribution in [0.5, 0.6) is 5.75 Å². The van der Waals surface area contributed by atoms with Gasteiger partial charge in [-0.05, 0) is 29.1 Å². The lowest BCUT2D eigenvalue weighted by Crippen LogP contribution is -2.45. The number of Topliss-reactive ketones (excluding diaryl/α,β-unsaturated/α-hetero) is 2. The van der Waals surface area contributed by atoms with Crippen LogP contribution in [0.1, 0.15) is 51.6 Å². The van der Waals surface area contributed by atoms with Gasteiger partial charge in [-0.25, -0.2) is 4.79 Å². The molecule has 3 rings (SSSR count). The van der Waals surface area contributed by atoms with E-state index in [4.69, 9.17) is 16.3 Å². The molecule has 1 N–H and O–H groups in total. The van der Waals surface area contributed by atoms with Gasteiger partial charge in [0.2, 0.25) is 11.6 Å². The number of phenols is 1. The maximum Gasteiger partial charge on any atom is 0.411 e. The summed E-state index contributed by atoms with van der Waals surface area (Å²) >= 11 is 4.90. The van der Waals surface area contributed by atoms with Crippen LogP contribution in [0.2, 0.25) is 0 Å². The molecule has 0 atom stereocenters. The molecule has 0 unspecified atom stereocenters. The first-order valence-corrected chi connectivity index (χ1v) is 10.5. The van der Waals surface area contributed by atoms with Crippen molar-refractivity contribution in [2.24, 2.45) is 0 Å². The summed E-state index contributed by atoms with van der Waals surface area (Å²) in [5.74, 6) is -1.45. The fraction of sp³-hybridized carbons (Fsp3) is 0.333. The third-order valence-electron chi connectivity index (χ3n) is 5.08. The molecule has 2 amide bonds. The minimum Gasteiger partial charge on any atom is -0.507 e. The van der Waals surface area contributed by atoms with E-state index in [1.807, 2.05) is 13.8 Å². The second kappa shape index (κ2) is 10.0. The van der Waals surface area contributed by atoms with E-state index in [-0.39, 0.29) is 28.4 Å². The third kappa shape index (κ3) is 5.01. The zero-order valence-corrected chi connectivity index (χ0v) is 20.1. The Morgan fingerprint density at radius 2 is 1.42 bits per heavy atom. The summed E-state index contributed by atoms with van der Waals surface area (Å²) < 4.78 is 5.46. The molecule has 1 aliphatic rings. The van der Waals surface area contributed by atoms with Crippen molar-refractivity contribution < 1.29 is 29.0 Å². The summed E-state index contributed by atoms with van der Waals surface area (Å²) in [5, 5.41) is 10.2. The highest BCUT2D eigenvalue weighted by Gasteiger charge is 2.59. The van der Waals surface area contributed by atoms with Crippen LogP contribution in [-0.2, 0) is 10.3 Å². The molecule has 8 nitrogen and oxygen atoms in total. The number of carbonyl (C=O) groups excluding carboxylic acids is 4. The van der Waals surface area contributed by atoms with Crippen molar-refractivity contribution in [2.45, 2.75) is 25.4 Å². The van der Waals surface area contributed by atoms with E-state index in [0.717, 1.165) is 10.5 Å². The maximum absolute atomic E-state index is 13.2. The number of benzene rings is 2. The highest BCUT2D eigenvalue weighted by Crippen LogP contribution is 2.44. The van der Waals surface area contributed by atoms with Crippen LogP contribution in [0.3, 0.4) is 0 Å². The average molecular weight is 475 g/mol. The number of carbonyl (C=O) groups is 4. The minimum absolute atomic E-state index is 0.0340. The van der Waals surface area contributed by atoms with Gasteiger partial charge in [0, 0.05) is 39.3 Å². The Labute approximate surface area is 197 Å². The molecule has 2 aromatic carbocycles. The van der Waals surface area contributed by atoms with Crippen molar-refractivity contribution in [2.75, 3.05) is 28.2 Å². The number of halogens is 1. The molecule has 0 spiro atoms. The van der Waals surface area contributed by atoms with E-state index in [1.54, 1.807) is 32.3 Å². The molecule has 0 saturated heterocycles. The zero-order valence-electron chi connectivity index (χ0n) is 19.4. The van der Waals surface area contributed by atoms with E-state index in [1.165, 1.54) is 43.3 Å². The van der Waals surface area contributed by atoms with Gasteiger partial charge in [0.25, 0.3) is 5.60 Å². The van der Waals surface area contributed by atoms with Crippen LogP contribution >= 0.6 is 11.6 Å². The highest BCUT2D eigenvalue weighted by molar-refractivity contribution is 6.62. The quantitative estimate of drug-likeness (QED) is 0.402. The van der Waals surface area contributed by atoms with Gasteiger partial charge in [-0.15, -0.1) is 0 Å². The SMILES string of the molecule is CC(C)c1ccc(C2(OC(=O)N(C)C)C(=O)c3ccccc3C2=O)c(O)c1.CN(C)C(=O)Cl. The summed E-state index contributed by atoms with van der Waals surface area (Å²) in [5.41, 5.74) is -1.10. The number of ether oxygens (including phenoxy) is 1. The number of ketones is 2. The summed E-state index contributed by atoms with van der Waals surface area (Å²) in [7, 11) is 6.09. The van der Waals surface area contributed by atoms with Gasteiger partial charge in [-0.1, -0.05) is 50.2 Å². The van der Waals surface area contributed by atoms with Crippen molar-refractivity contribution in [1.29, 1.82) is 0 Å². The van der Waals surface area contributed by atoms with Crippen molar-refractivity contribution >= 4 is 34.6 Å². The minimum atomic E-state index is -2.23. The molecule has 0 aromatic heterocycles. The molecule has 0 bridgehead atoms. The van der Waals surface area contributed by atoms with Crippen LogP contribution in [0, 0.1) is 0 Å². The normalized spacial score (nSPS) is 13.7. The summed E-state index contributed by atoms with van der Waals surface area (Å²) in [4.78, 5) is 51.0. The van der Waals surface area contributed by atoms with Crippen molar-refractivity contribution in [1.82, 2.24) is 9.80 Å². The van der Waals surface area contributed by atoms with Gasteiger partial charge in [-0.3, -0.25) is 14.4 Å². The van der Waals surface area contributed by atoms with E-state index >= 15 is 0 Å². The number of nitrogens with zero attached hydrogens (tertiary/aromatic N) is 2. The first kappa shape index (κ1) is 25.9. The first-order chi connectivity index (χ1) is 15.3. The number of rotatable bonds is 3. The molecule has 9 heteroatoms. The zero-order chi connectivity index (χ0) is 25.1. The summed E-state index contributed by atoms with van der Waals surface area (Å²) in [6, 6.07) is 11.0. The van der Waals surface area contributed by atoms with Crippen LogP contribution < -0.4 is 0 Å². The second-order valence-electron chi connectivity index (χ2n) is 8.23. The monoisotopic (exact) mass is 474 g/mol. The van der Waals surface area contributed by atoms with Crippen LogP contribution in [0.4, 0.5) is 9.59 Å². The average Bonchev–Trinajstić information content (AvgIpc) is 2.96. The fourth-order valence-electron chi connectivity index (χ4n) is 3.18. The van der Waals surface area contributed by atoms with Crippen molar-refractivity contribution in [3.05, 3.63) is 64.7 Å². The number of hydrogen-bond donors (Lipinski definition) is 1. The topological polar surface area (TPSA) is 104 Å². The second-order valence-corrected chi connectivity index (χ2v) is 8.55.